The molecule has 0 spiro atoms. The van der Waals surface area contributed by atoms with Crippen LogP contribution < -0.4 is 41.2 Å². The molecule has 0 aliphatic carbocycles. The van der Waals surface area contributed by atoms with Crippen molar-refractivity contribution >= 4 is 264 Å². The first-order valence-electron chi connectivity index (χ1n) is 3.67. The predicted octanol–water partition coefficient (Wildman–Crippen LogP) is -17.3. The van der Waals surface area contributed by atoms with E-state index in [1.54, 1.807) is 0 Å². The summed E-state index contributed by atoms with van der Waals surface area (Å²) in [5, 5.41) is 0. The first kappa shape index (κ1) is 78.3. The molecule has 0 atom stereocenters. The Labute approximate surface area is 432 Å². The molecule has 144 valence electrons. The second-order valence-electron chi connectivity index (χ2n) is 1.50. The topological polar surface area (TPSA) is 379 Å². The third-order valence-corrected chi connectivity index (χ3v) is 0. The molecule has 0 unspecified atom stereocenters. The normalized spacial score (nSPS) is 5.20. The molecule has 0 heterocycles. The average molecular weight is 1240 g/mol. The summed E-state index contributed by atoms with van der Waals surface area (Å²) in [5.41, 5.74) is 0. The van der Waals surface area contributed by atoms with Gasteiger partial charge >= 0.3 is 448 Å². The van der Waals surface area contributed by atoms with E-state index in [1.807, 2.05) is 0 Å². The van der Waals surface area contributed by atoms with E-state index in [1.165, 1.54) is 0 Å². The molecular formula is Ba2Ca2O18Sr2Ti3Zr3. The van der Waals surface area contributed by atoms with Crippen LogP contribution in [0, 0.1) is 0 Å². The van der Waals surface area contributed by atoms with Crippen molar-refractivity contribution < 1.29 is 183 Å². The second kappa shape index (κ2) is 72.7. The minimum absolute atomic E-state index is 0. The molecule has 0 radical (unpaired) electrons. The zero-order valence-corrected chi connectivity index (χ0v) is 46.9. The fourth-order valence-corrected chi connectivity index (χ4v) is 0. The number of hydrogen-bond donors (Lipinski definition) is 0. The van der Waals surface area contributed by atoms with Crippen molar-refractivity contribution in [2.45, 2.75) is 0 Å². The molecule has 0 aliphatic heterocycles. The third-order valence-electron chi connectivity index (χ3n) is 0. The van der Waals surface area contributed by atoms with Gasteiger partial charge in [0.05, 0.1) is 0 Å². The Kier molecular flexibility index (Phi) is 190. The largest absolute Gasteiger partial charge is 2.00 e. The summed E-state index contributed by atoms with van der Waals surface area (Å²) in [6, 6.07) is 0. The maximum absolute atomic E-state index is 8.61. The van der Waals surface area contributed by atoms with Crippen LogP contribution in [0.3, 0.4) is 0 Å². The van der Waals surface area contributed by atoms with Crippen molar-refractivity contribution in [3.63, 3.8) is 0 Å². The number of hydrogen-bond acceptors (Lipinski definition) is 18. The Hall–Kier alpha value is 11.7. The van der Waals surface area contributed by atoms with Gasteiger partial charge in [-0.1, -0.05) is 0 Å². The van der Waals surface area contributed by atoms with Crippen LogP contribution in [0.2, 0.25) is 0 Å². The van der Waals surface area contributed by atoms with Gasteiger partial charge in [-0.25, -0.2) is 0 Å². The molecule has 30 heavy (non-hydrogen) atoms. The van der Waals surface area contributed by atoms with Gasteiger partial charge < -0.3 is 0 Å². The van der Waals surface area contributed by atoms with Crippen LogP contribution in [0.1, 0.15) is 0 Å². The molecule has 30 heteroatoms. The Morgan fingerprint density at radius 1 is 0.433 bits per heavy atom. The molecular weight excluding hydrogens is 1240 g/mol. The van der Waals surface area contributed by atoms with Crippen LogP contribution in [0.4, 0.5) is 0 Å². The molecule has 0 saturated carbocycles. The molecule has 0 aromatic carbocycles. The van der Waals surface area contributed by atoms with Gasteiger partial charge in [-0.15, -0.1) is 0 Å². The van der Waals surface area contributed by atoms with Crippen molar-refractivity contribution in [3.8, 4) is 0 Å². The van der Waals surface area contributed by atoms with Gasteiger partial charge in [0.1, 0.15) is 0 Å². The van der Waals surface area contributed by atoms with E-state index in [0.29, 0.717) is 0 Å². The van der Waals surface area contributed by atoms with Crippen LogP contribution >= 0.6 is 0 Å². The SMILES string of the molecule is [Ba+2].[Ba+2].[Ca+2].[Ca+2].[O]=[Ti]([O-])[O-].[O]=[Ti]([O-])[O-].[O]=[Ti]([O-])[O-].[O]=[Zr]([O-])[O-].[O]=[Zr]([O-])[O-].[O]=[Zr]([O-])[O-].[Sr+2].[Sr+2]. The standard InChI is InChI=1S/2Ba.2Ca.18O.2Sr.3Ti.3Zr/q4*+2;;;;;;;12*-1;2*+2;;;;;;. The smallest absolute Gasteiger partial charge is 2.00 e. The molecule has 0 aliphatic rings. The van der Waals surface area contributed by atoms with Gasteiger partial charge in [-0.05, 0) is 0 Å². The van der Waals surface area contributed by atoms with E-state index < -0.39 is 124 Å². The summed E-state index contributed by atoms with van der Waals surface area (Å²) in [4.78, 5) is 0. The van der Waals surface area contributed by atoms with Crippen LogP contribution in [-0.4, -0.2) is 264 Å². The van der Waals surface area contributed by atoms with Crippen LogP contribution in [0.25, 0.3) is 0 Å². The van der Waals surface area contributed by atoms with E-state index in [-0.39, 0.29) is 264 Å². The molecule has 0 aromatic rings. The van der Waals surface area contributed by atoms with Crippen LogP contribution in [0.15, 0.2) is 0 Å². The van der Waals surface area contributed by atoms with Crippen molar-refractivity contribution in [1.82, 2.24) is 0 Å². The monoisotopic (exact) mass is 1230 g/mol. The molecule has 0 bridgehead atoms. The van der Waals surface area contributed by atoms with Gasteiger partial charge in [0.25, 0.3) is 0 Å². The van der Waals surface area contributed by atoms with Crippen molar-refractivity contribution in [2.75, 3.05) is 0 Å². The molecule has 0 saturated heterocycles. The Morgan fingerprint density at radius 3 is 0.433 bits per heavy atom. The van der Waals surface area contributed by atoms with E-state index in [2.05, 4.69) is 0 Å². The van der Waals surface area contributed by atoms with Gasteiger partial charge in [0.15, 0.2) is 0 Å². The second-order valence-corrected chi connectivity index (χ2v) is 7.53. The van der Waals surface area contributed by atoms with Crippen LogP contribution in [-0.2, 0) is 142 Å². The molecule has 0 rings (SSSR count). The summed E-state index contributed by atoms with van der Waals surface area (Å²) >= 11 is -25.1. The van der Waals surface area contributed by atoms with Gasteiger partial charge in [0.2, 0.25) is 0 Å². The molecule has 0 aromatic heterocycles. The predicted molar refractivity (Wildman–Crippen MR) is 38.6 cm³/mol. The third kappa shape index (κ3) is 433. The van der Waals surface area contributed by atoms with Crippen molar-refractivity contribution in [3.05, 3.63) is 0 Å². The molecule has 0 fully saturated rings. The average Bonchev–Trinajstić information content (AvgIpc) is 2.08. The van der Waals surface area contributed by atoms with Gasteiger partial charge in [0, 0.05) is 0 Å². The van der Waals surface area contributed by atoms with Gasteiger partial charge in [-0.3, -0.25) is 0 Å². The number of rotatable bonds is 0. The molecule has 0 N–H and O–H groups in total. The summed E-state index contributed by atoms with van der Waals surface area (Å²) in [6.07, 6.45) is 0. The minimum atomic E-state index is -4.29. The fourth-order valence-electron chi connectivity index (χ4n) is 0. The molecule has 0 amide bonds. The summed E-state index contributed by atoms with van der Waals surface area (Å²) < 4.78 is 155. The van der Waals surface area contributed by atoms with Crippen LogP contribution in [0.5, 0.6) is 0 Å². The Balaban J connectivity index is -0.0000000125. The first-order chi connectivity index (χ1) is 10.4. The fraction of sp³-hybridized carbons (Fsp3) is 0. The molecule has 18 nitrogen and oxygen atoms in total. The van der Waals surface area contributed by atoms with Gasteiger partial charge in [-0.2, -0.15) is 0 Å². The van der Waals surface area contributed by atoms with Crippen molar-refractivity contribution in [1.29, 1.82) is 0 Å². The zero-order chi connectivity index (χ0) is 21.5. The first-order valence-corrected chi connectivity index (χ1v) is 18.4. The summed E-state index contributed by atoms with van der Waals surface area (Å²) in [7, 11) is 0. The Bertz CT molecular complexity index is 288. The Morgan fingerprint density at radius 2 is 0.433 bits per heavy atom. The maximum Gasteiger partial charge on any atom is 2.00 e. The van der Waals surface area contributed by atoms with E-state index in [4.69, 9.17) is 59.6 Å². The summed E-state index contributed by atoms with van der Waals surface area (Å²) in [5.74, 6) is 0. The van der Waals surface area contributed by atoms with E-state index >= 15 is 0 Å². The maximum atomic E-state index is 8.61. The van der Waals surface area contributed by atoms with E-state index in [9.17, 15) is 0 Å². The quantitative estimate of drug-likeness (QED) is 0.203. The summed E-state index contributed by atoms with van der Waals surface area (Å²) in [6.45, 7) is 0. The van der Waals surface area contributed by atoms with E-state index in [0.717, 1.165) is 0 Å². The zero-order valence-electron chi connectivity index (χ0n) is 14.6. The minimum Gasteiger partial charge on any atom is 2.00 e. The van der Waals surface area contributed by atoms with Crippen molar-refractivity contribution in [2.24, 2.45) is 0 Å².